The molecule has 0 spiro atoms. The molecule has 28 heavy (non-hydrogen) atoms. The molecule has 0 saturated carbocycles. The quantitative estimate of drug-likeness (QED) is 0.467. The minimum Gasteiger partial charge on any atom is -0.496 e. The number of amides is 1. The number of guanidine groups is 1. The van der Waals surface area contributed by atoms with Gasteiger partial charge in [0.05, 0.1) is 7.11 Å². The van der Waals surface area contributed by atoms with Gasteiger partial charge in [-0.3, -0.25) is 9.79 Å². The molecule has 0 heterocycles. The number of ether oxygens (including phenoxy) is 1. The first-order chi connectivity index (χ1) is 13.5. The lowest BCUT2D eigenvalue weighted by Crippen LogP contribution is -2.39. The number of hydrogen-bond donors (Lipinski definition) is 3. The summed E-state index contributed by atoms with van der Waals surface area (Å²) in [7, 11) is 3.37. The van der Waals surface area contributed by atoms with Gasteiger partial charge in [-0.1, -0.05) is 35.9 Å². The van der Waals surface area contributed by atoms with Gasteiger partial charge in [-0.15, -0.1) is 0 Å². The van der Waals surface area contributed by atoms with Crippen molar-refractivity contribution >= 4 is 29.2 Å². The van der Waals surface area contributed by atoms with Crippen molar-refractivity contribution in [2.45, 2.75) is 19.8 Å². The van der Waals surface area contributed by atoms with E-state index in [0.717, 1.165) is 29.0 Å². The number of benzene rings is 2. The van der Waals surface area contributed by atoms with Crippen molar-refractivity contribution in [3.05, 3.63) is 58.6 Å². The van der Waals surface area contributed by atoms with E-state index < -0.39 is 0 Å². The summed E-state index contributed by atoms with van der Waals surface area (Å²) in [5.41, 5.74) is 2.72. The molecule has 3 N–H and O–H groups in total. The predicted molar refractivity (Wildman–Crippen MR) is 115 cm³/mol. The van der Waals surface area contributed by atoms with Crippen molar-refractivity contribution in [1.82, 2.24) is 10.6 Å². The standard InChI is InChI=1S/C21H27ClN4O2/c1-15-17(22)8-6-9-18(15)26-20(27)12-14-25-21(23-2)24-13-11-16-7-4-5-10-19(16)28-3/h4-10H,11-14H2,1-3H3,(H,26,27)(H2,23,24,25). The van der Waals surface area contributed by atoms with Crippen LogP contribution in [0.1, 0.15) is 17.5 Å². The van der Waals surface area contributed by atoms with Crippen LogP contribution in [0.4, 0.5) is 5.69 Å². The number of aliphatic imine (C=N–C) groups is 1. The molecule has 0 bridgehead atoms. The maximum absolute atomic E-state index is 12.1. The molecule has 2 rings (SSSR count). The minimum absolute atomic E-state index is 0.0812. The number of hydrogen-bond acceptors (Lipinski definition) is 3. The van der Waals surface area contributed by atoms with Crippen LogP contribution < -0.4 is 20.7 Å². The van der Waals surface area contributed by atoms with E-state index in [-0.39, 0.29) is 5.91 Å². The van der Waals surface area contributed by atoms with Gasteiger partial charge < -0.3 is 20.7 Å². The minimum atomic E-state index is -0.0812. The van der Waals surface area contributed by atoms with Gasteiger partial charge in [0.25, 0.3) is 0 Å². The number of anilines is 1. The Balaban J connectivity index is 1.73. The molecule has 0 atom stereocenters. The van der Waals surface area contributed by atoms with Crippen LogP contribution in [0.15, 0.2) is 47.5 Å². The molecular weight excluding hydrogens is 376 g/mol. The first kappa shape index (κ1) is 21.6. The van der Waals surface area contributed by atoms with E-state index >= 15 is 0 Å². The van der Waals surface area contributed by atoms with Gasteiger partial charge >= 0.3 is 0 Å². The molecule has 2 aromatic carbocycles. The number of halogens is 1. The first-order valence-corrected chi connectivity index (χ1v) is 9.54. The largest absolute Gasteiger partial charge is 0.496 e. The number of nitrogens with zero attached hydrogens (tertiary/aromatic N) is 1. The summed E-state index contributed by atoms with van der Waals surface area (Å²) >= 11 is 6.08. The van der Waals surface area contributed by atoms with Gasteiger partial charge in [0, 0.05) is 37.3 Å². The number of carbonyl (C=O) groups is 1. The van der Waals surface area contributed by atoms with Crippen molar-refractivity contribution in [2.75, 3.05) is 32.6 Å². The van der Waals surface area contributed by atoms with Crippen LogP contribution in [-0.2, 0) is 11.2 Å². The fraction of sp³-hybridized carbons (Fsp3) is 0.333. The molecule has 150 valence electrons. The van der Waals surface area contributed by atoms with E-state index in [1.54, 1.807) is 20.2 Å². The van der Waals surface area contributed by atoms with Gasteiger partial charge in [0.15, 0.2) is 5.96 Å². The van der Waals surface area contributed by atoms with Gasteiger partial charge in [0.1, 0.15) is 5.75 Å². The summed E-state index contributed by atoms with van der Waals surface area (Å²) in [5.74, 6) is 1.45. The summed E-state index contributed by atoms with van der Waals surface area (Å²) < 4.78 is 5.36. The van der Waals surface area contributed by atoms with Crippen molar-refractivity contribution < 1.29 is 9.53 Å². The number of methoxy groups -OCH3 is 1. The Morgan fingerprint density at radius 3 is 2.61 bits per heavy atom. The van der Waals surface area contributed by atoms with Crippen molar-refractivity contribution in [3.63, 3.8) is 0 Å². The highest BCUT2D eigenvalue weighted by Gasteiger charge is 2.07. The molecule has 0 fully saturated rings. The summed E-state index contributed by atoms with van der Waals surface area (Å²) in [4.78, 5) is 16.3. The second-order valence-corrected chi connectivity index (χ2v) is 6.61. The average molecular weight is 403 g/mol. The van der Waals surface area contributed by atoms with Crippen LogP contribution in [0.25, 0.3) is 0 Å². The number of carbonyl (C=O) groups excluding carboxylic acids is 1. The molecule has 0 aliphatic carbocycles. The van der Waals surface area contributed by atoms with Crippen LogP contribution in [0.5, 0.6) is 5.75 Å². The molecule has 0 aliphatic rings. The van der Waals surface area contributed by atoms with E-state index in [2.05, 4.69) is 20.9 Å². The molecule has 0 aliphatic heterocycles. The van der Waals surface area contributed by atoms with E-state index in [1.807, 2.05) is 43.3 Å². The van der Waals surface area contributed by atoms with E-state index in [4.69, 9.17) is 16.3 Å². The molecule has 7 heteroatoms. The first-order valence-electron chi connectivity index (χ1n) is 9.16. The van der Waals surface area contributed by atoms with Crippen LogP contribution in [0, 0.1) is 6.92 Å². The van der Waals surface area contributed by atoms with Crippen LogP contribution in [0.2, 0.25) is 5.02 Å². The second-order valence-electron chi connectivity index (χ2n) is 6.20. The van der Waals surface area contributed by atoms with E-state index in [1.165, 1.54) is 0 Å². The third-order valence-electron chi connectivity index (χ3n) is 4.29. The average Bonchev–Trinajstić information content (AvgIpc) is 2.70. The second kappa shape index (κ2) is 11.2. The van der Waals surface area contributed by atoms with Gasteiger partial charge in [-0.2, -0.15) is 0 Å². The van der Waals surface area contributed by atoms with Crippen molar-refractivity contribution in [3.8, 4) is 5.75 Å². The van der Waals surface area contributed by atoms with Crippen LogP contribution in [-0.4, -0.2) is 39.1 Å². The maximum Gasteiger partial charge on any atom is 0.226 e. The zero-order valence-corrected chi connectivity index (χ0v) is 17.3. The highest BCUT2D eigenvalue weighted by molar-refractivity contribution is 6.31. The monoisotopic (exact) mass is 402 g/mol. The Hall–Kier alpha value is -2.73. The fourth-order valence-electron chi connectivity index (χ4n) is 2.70. The Kier molecular flexibility index (Phi) is 8.62. The Labute approximate surface area is 171 Å². The smallest absolute Gasteiger partial charge is 0.226 e. The molecule has 0 unspecified atom stereocenters. The van der Waals surface area contributed by atoms with E-state index in [9.17, 15) is 4.79 Å². The normalized spacial score (nSPS) is 11.1. The van der Waals surface area contributed by atoms with Gasteiger partial charge in [-0.05, 0) is 42.7 Å². The third kappa shape index (κ3) is 6.46. The summed E-state index contributed by atoms with van der Waals surface area (Å²) in [6.07, 6.45) is 1.12. The van der Waals surface area contributed by atoms with Crippen molar-refractivity contribution in [1.29, 1.82) is 0 Å². The molecule has 6 nitrogen and oxygen atoms in total. The highest BCUT2D eigenvalue weighted by atomic mass is 35.5. The van der Waals surface area contributed by atoms with Crippen LogP contribution in [0.3, 0.4) is 0 Å². The lowest BCUT2D eigenvalue weighted by Gasteiger charge is -2.13. The van der Waals surface area contributed by atoms with Crippen LogP contribution >= 0.6 is 11.6 Å². The Morgan fingerprint density at radius 2 is 1.86 bits per heavy atom. The molecular formula is C21H27ClN4O2. The summed E-state index contributed by atoms with van der Waals surface area (Å²) in [6, 6.07) is 13.4. The van der Waals surface area contributed by atoms with Gasteiger partial charge in [0.2, 0.25) is 5.91 Å². The predicted octanol–water partition coefficient (Wildman–Crippen LogP) is 3.39. The fourth-order valence-corrected chi connectivity index (χ4v) is 2.87. The lowest BCUT2D eigenvalue weighted by atomic mass is 10.1. The lowest BCUT2D eigenvalue weighted by molar-refractivity contribution is -0.116. The zero-order chi connectivity index (χ0) is 20.4. The highest BCUT2D eigenvalue weighted by Crippen LogP contribution is 2.22. The Bertz CT molecular complexity index is 824. The zero-order valence-electron chi connectivity index (χ0n) is 16.5. The Morgan fingerprint density at radius 1 is 1.11 bits per heavy atom. The SMILES string of the molecule is CN=C(NCCC(=O)Nc1cccc(Cl)c1C)NCCc1ccccc1OC. The summed E-state index contributed by atoms with van der Waals surface area (Å²) in [6.45, 7) is 3.05. The topological polar surface area (TPSA) is 74.8 Å². The summed E-state index contributed by atoms with van der Waals surface area (Å²) in [5, 5.41) is 9.91. The number of para-hydroxylation sites is 1. The molecule has 1 amide bonds. The molecule has 0 aromatic heterocycles. The number of nitrogens with one attached hydrogen (secondary N) is 3. The maximum atomic E-state index is 12.1. The molecule has 2 aromatic rings. The van der Waals surface area contributed by atoms with Gasteiger partial charge in [-0.25, -0.2) is 0 Å². The molecule has 0 radical (unpaired) electrons. The number of rotatable bonds is 8. The van der Waals surface area contributed by atoms with Crippen molar-refractivity contribution in [2.24, 2.45) is 4.99 Å². The third-order valence-corrected chi connectivity index (χ3v) is 4.70. The molecule has 0 saturated heterocycles. The van der Waals surface area contributed by atoms with E-state index in [0.29, 0.717) is 30.5 Å².